The molecule has 2 nitrogen and oxygen atoms in total. The summed E-state index contributed by atoms with van der Waals surface area (Å²) < 4.78 is 0. The van der Waals surface area contributed by atoms with Gasteiger partial charge in [-0.25, -0.2) is 0 Å². The Morgan fingerprint density at radius 2 is 0.885 bits per heavy atom. The van der Waals surface area contributed by atoms with Gasteiger partial charge in [-0.3, -0.25) is 0 Å². The van der Waals surface area contributed by atoms with Crippen molar-refractivity contribution in [2.75, 3.05) is 14.1 Å². The first-order valence-electron chi connectivity index (χ1n) is 9.13. The standard InChI is InChI=1S/C24H24N2/c1-25-23(21-15-7-11-17-9-3-5-13-19(17)21)24(26-2)22-16-8-12-18-10-4-6-14-20(18)22/h3-16,23-26H,1-2H3/t23-,24?/m1/s1. The van der Waals surface area contributed by atoms with Crippen molar-refractivity contribution in [2.45, 2.75) is 12.1 Å². The lowest BCUT2D eigenvalue weighted by Gasteiger charge is -2.29. The Kier molecular flexibility index (Phi) is 4.70. The summed E-state index contributed by atoms with van der Waals surface area (Å²) in [6, 6.07) is 30.7. The van der Waals surface area contributed by atoms with Crippen LogP contribution in [0.5, 0.6) is 0 Å². The maximum absolute atomic E-state index is 3.56. The van der Waals surface area contributed by atoms with Gasteiger partial charge >= 0.3 is 0 Å². The van der Waals surface area contributed by atoms with Gasteiger partial charge in [0, 0.05) is 0 Å². The fourth-order valence-corrected chi connectivity index (χ4v) is 4.05. The number of likely N-dealkylation sites (N-methyl/N-ethyl adjacent to an activating group) is 2. The SMILES string of the molecule is CNC(c1cccc2ccccc12)[C@H](NC)c1cccc2ccccc12. The summed E-state index contributed by atoms with van der Waals surface area (Å²) in [5, 5.41) is 12.3. The molecule has 4 aromatic carbocycles. The number of fused-ring (bicyclic) bond motifs is 2. The Bertz CT molecular complexity index is 942. The maximum atomic E-state index is 3.56. The zero-order valence-electron chi connectivity index (χ0n) is 15.2. The third kappa shape index (κ3) is 2.88. The molecule has 0 aromatic heterocycles. The molecule has 0 saturated carbocycles. The van der Waals surface area contributed by atoms with Gasteiger partial charge in [0.1, 0.15) is 0 Å². The number of benzene rings is 4. The average Bonchev–Trinajstić information content (AvgIpc) is 2.71. The van der Waals surface area contributed by atoms with E-state index in [4.69, 9.17) is 0 Å². The Labute approximate surface area is 154 Å². The highest BCUT2D eigenvalue weighted by atomic mass is 15.0. The van der Waals surface area contributed by atoms with Crippen LogP contribution in [0, 0.1) is 0 Å². The maximum Gasteiger partial charge on any atom is 0.0522 e. The number of rotatable bonds is 5. The first-order valence-corrected chi connectivity index (χ1v) is 9.13. The molecule has 130 valence electrons. The topological polar surface area (TPSA) is 24.1 Å². The summed E-state index contributed by atoms with van der Waals surface area (Å²) >= 11 is 0. The summed E-state index contributed by atoms with van der Waals surface area (Å²) in [4.78, 5) is 0. The van der Waals surface area contributed by atoms with Gasteiger partial charge < -0.3 is 10.6 Å². The first kappa shape index (κ1) is 16.8. The second-order valence-corrected chi connectivity index (χ2v) is 6.67. The monoisotopic (exact) mass is 340 g/mol. The molecule has 0 aliphatic heterocycles. The van der Waals surface area contributed by atoms with Crippen LogP contribution in [-0.2, 0) is 0 Å². The van der Waals surface area contributed by atoms with Crippen LogP contribution in [0.15, 0.2) is 84.9 Å². The van der Waals surface area contributed by atoms with E-state index in [0.29, 0.717) is 0 Å². The van der Waals surface area contributed by atoms with Crippen LogP contribution in [0.3, 0.4) is 0 Å². The fourth-order valence-electron chi connectivity index (χ4n) is 4.05. The average molecular weight is 340 g/mol. The molecule has 0 saturated heterocycles. The molecule has 2 atom stereocenters. The van der Waals surface area contributed by atoms with Gasteiger partial charge in [-0.2, -0.15) is 0 Å². The summed E-state index contributed by atoms with van der Waals surface area (Å²) in [5.74, 6) is 0. The van der Waals surface area contributed by atoms with E-state index in [1.807, 2.05) is 14.1 Å². The molecular weight excluding hydrogens is 316 g/mol. The second-order valence-electron chi connectivity index (χ2n) is 6.67. The quantitative estimate of drug-likeness (QED) is 0.521. The van der Waals surface area contributed by atoms with Crippen molar-refractivity contribution in [3.05, 3.63) is 96.1 Å². The summed E-state index contributed by atoms with van der Waals surface area (Å²) in [6.07, 6.45) is 0. The van der Waals surface area contributed by atoms with Gasteiger partial charge in [-0.1, -0.05) is 84.9 Å². The van der Waals surface area contributed by atoms with Gasteiger partial charge in [0.05, 0.1) is 12.1 Å². The molecule has 0 spiro atoms. The molecule has 4 rings (SSSR count). The predicted octanol–water partition coefficient (Wildman–Crippen LogP) is 5.21. The molecule has 1 unspecified atom stereocenters. The number of hydrogen-bond acceptors (Lipinski definition) is 2. The molecule has 0 aliphatic rings. The number of nitrogens with one attached hydrogen (secondary N) is 2. The highest BCUT2D eigenvalue weighted by Crippen LogP contribution is 2.35. The van der Waals surface area contributed by atoms with Crippen LogP contribution >= 0.6 is 0 Å². The van der Waals surface area contributed by atoms with E-state index in [1.165, 1.54) is 32.7 Å². The Morgan fingerprint density at radius 1 is 0.500 bits per heavy atom. The molecule has 2 N–H and O–H groups in total. The zero-order chi connectivity index (χ0) is 17.9. The van der Waals surface area contributed by atoms with Crippen molar-refractivity contribution < 1.29 is 0 Å². The van der Waals surface area contributed by atoms with E-state index in [-0.39, 0.29) is 12.1 Å². The first-order chi connectivity index (χ1) is 12.8. The fraction of sp³-hybridized carbons (Fsp3) is 0.167. The van der Waals surface area contributed by atoms with E-state index in [2.05, 4.69) is 95.6 Å². The molecule has 0 aliphatic carbocycles. The van der Waals surface area contributed by atoms with Crippen molar-refractivity contribution in [1.82, 2.24) is 10.6 Å². The van der Waals surface area contributed by atoms with E-state index < -0.39 is 0 Å². The lowest BCUT2D eigenvalue weighted by atomic mass is 9.88. The minimum atomic E-state index is 0.164. The molecule has 0 bridgehead atoms. The van der Waals surface area contributed by atoms with Gasteiger partial charge in [0.15, 0.2) is 0 Å². The number of hydrogen-bond donors (Lipinski definition) is 2. The van der Waals surface area contributed by atoms with Crippen molar-refractivity contribution in [3.63, 3.8) is 0 Å². The third-order valence-electron chi connectivity index (χ3n) is 5.27. The van der Waals surface area contributed by atoms with Crippen molar-refractivity contribution in [3.8, 4) is 0 Å². The van der Waals surface area contributed by atoms with Gasteiger partial charge in [-0.05, 0) is 46.8 Å². The van der Waals surface area contributed by atoms with E-state index in [0.717, 1.165) is 0 Å². The molecule has 4 aromatic rings. The van der Waals surface area contributed by atoms with Crippen LogP contribution < -0.4 is 10.6 Å². The molecule has 26 heavy (non-hydrogen) atoms. The normalized spacial score (nSPS) is 13.8. The molecule has 0 radical (unpaired) electrons. The highest BCUT2D eigenvalue weighted by molar-refractivity contribution is 5.88. The highest BCUT2D eigenvalue weighted by Gasteiger charge is 2.24. The van der Waals surface area contributed by atoms with Crippen molar-refractivity contribution in [2.24, 2.45) is 0 Å². The lowest BCUT2D eigenvalue weighted by molar-refractivity contribution is 0.437. The van der Waals surface area contributed by atoms with Crippen LogP contribution in [0.2, 0.25) is 0 Å². The van der Waals surface area contributed by atoms with Gasteiger partial charge in [-0.15, -0.1) is 0 Å². The van der Waals surface area contributed by atoms with E-state index in [1.54, 1.807) is 0 Å². The molecule has 0 amide bonds. The van der Waals surface area contributed by atoms with E-state index >= 15 is 0 Å². The molecule has 2 heteroatoms. The molecule has 0 heterocycles. The van der Waals surface area contributed by atoms with E-state index in [9.17, 15) is 0 Å². The zero-order valence-corrected chi connectivity index (χ0v) is 15.2. The molecular formula is C24H24N2. The molecule has 0 fully saturated rings. The van der Waals surface area contributed by atoms with Crippen LogP contribution in [0.25, 0.3) is 21.5 Å². The third-order valence-corrected chi connectivity index (χ3v) is 5.27. The minimum absolute atomic E-state index is 0.164. The Balaban J connectivity index is 1.88. The summed E-state index contributed by atoms with van der Waals surface area (Å²) in [7, 11) is 4.09. The van der Waals surface area contributed by atoms with Crippen LogP contribution in [0.1, 0.15) is 23.2 Å². The van der Waals surface area contributed by atoms with Gasteiger partial charge in [0.25, 0.3) is 0 Å². The second kappa shape index (κ2) is 7.28. The predicted molar refractivity (Wildman–Crippen MR) is 111 cm³/mol. The summed E-state index contributed by atoms with van der Waals surface area (Å²) in [6.45, 7) is 0. The smallest absolute Gasteiger partial charge is 0.0522 e. The van der Waals surface area contributed by atoms with Crippen LogP contribution in [0.4, 0.5) is 0 Å². The van der Waals surface area contributed by atoms with Crippen LogP contribution in [-0.4, -0.2) is 14.1 Å². The van der Waals surface area contributed by atoms with Crippen molar-refractivity contribution in [1.29, 1.82) is 0 Å². The largest absolute Gasteiger partial charge is 0.311 e. The van der Waals surface area contributed by atoms with Crippen molar-refractivity contribution >= 4 is 21.5 Å². The summed E-state index contributed by atoms with van der Waals surface area (Å²) in [5.41, 5.74) is 2.63. The Hall–Kier alpha value is -2.68. The van der Waals surface area contributed by atoms with Gasteiger partial charge in [0.2, 0.25) is 0 Å². The lowest BCUT2D eigenvalue weighted by Crippen LogP contribution is -2.32. The Morgan fingerprint density at radius 3 is 1.31 bits per heavy atom. The minimum Gasteiger partial charge on any atom is -0.311 e.